The van der Waals surface area contributed by atoms with E-state index in [1.54, 1.807) is 6.07 Å². The van der Waals surface area contributed by atoms with Crippen LogP contribution >= 0.6 is 0 Å². The predicted octanol–water partition coefficient (Wildman–Crippen LogP) is 2.26. The highest BCUT2D eigenvalue weighted by Crippen LogP contribution is 2.31. The highest BCUT2D eigenvalue weighted by Gasteiger charge is 2.29. The summed E-state index contributed by atoms with van der Waals surface area (Å²) in [5.41, 5.74) is 1.41. The predicted molar refractivity (Wildman–Crippen MR) is 106 cm³/mol. The van der Waals surface area contributed by atoms with Crippen molar-refractivity contribution in [2.45, 2.75) is 65.0 Å². The van der Waals surface area contributed by atoms with Gasteiger partial charge in [-0.3, -0.25) is 9.59 Å². The molecule has 7 nitrogen and oxygen atoms in total. The number of aryl methyl sites for hydroxylation is 2. The van der Waals surface area contributed by atoms with Gasteiger partial charge in [0.25, 0.3) is 5.56 Å². The molecule has 0 radical (unpaired) electrons. The van der Waals surface area contributed by atoms with Gasteiger partial charge in [-0.2, -0.15) is 5.10 Å². The lowest BCUT2D eigenvalue weighted by Gasteiger charge is -2.33. The van der Waals surface area contributed by atoms with Crippen LogP contribution in [0.4, 0.5) is 0 Å². The molecule has 1 saturated carbocycles. The SMILES string of the molecule is Cc1cc(=O)n(CC(=O)N2CCC[C@@H](c3nccn3CC3CCC3)C2)nc1C. The topological polar surface area (TPSA) is 73.0 Å². The quantitative estimate of drug-likeness (QED) is 0.794. The molecule has 0 unspecified atom stereocenters. The summed E-state index contributed by atoms with van der Waals surface area (Å²) in [7, 11) is 0. The summed E-state index contributed by atoms with van der Waals surface area (Å²) in [6.07, 6.45) is 9.93. The van der Waals surface area contributed by atoms with Crippen molar-refractivity contribution >= 4 is 5.91 Å². The molecule has 0 N–H and O–H groups in total. The van der Waals surface area contributed by atoms with E-state index in [9.17, 15) is 9.59 Å². The Morgan fingerprint density at radius 1 is 1.21 bits per heavy atom. The minimum atomic E-state index is -0.221. The number of carbonyl (C=O) groups is 1. The Labute approximate surface area is 165 Å². The van der Waals surface area contributed by atoms with Crippen molar-refractivity contribution in [2.24, 2.45) is 5.92 Å². The summed E-state index contributed by atoms with van der Waals surface area (Å²) in [4.78, 5) is 31.5. The Hall–Kier alpha value is -2.44. The second-order valence-electron chi connectivity index (χ2n) is 8.32. The molecule has 1 amide bonds. The van der Waals surface area contributed by atoms with Gasteiger partial charge < -0.3 is 9.47 Å². The molecule has 0 aromatic carbocycles. The van der Waals surface area contributed by atoms with Gasteiger partial charge in [0.05, 0.1) is 5.69 Å². The van der Waals surface area contributed by atoms with Gasteiger partial charge in [0.15, 0.2) is 0 Å². The first-order valence-corrected chi connectivity index (χ1v) is 10.4. The molecule has 1 aliphatic heterocycles. The van der Waals surface area contributed by atoms with Crippen LogP contribution < -0.4 is 5.56 Å². The van der Waals surface area contributed by atoms with Crippen LogP contribution in [0.2, 0.25) is 0 Å². The van der Waals surface area contributed by atoms with Crippen LogP contribution in [-0.4, -0.2) is 43.2 Å². The van der Waals surface area contributed by atoms with Gasteiger partial charge in [0.1, 0.15) is 12.4 Å². The molecule has 2 fully saturated rings. The Kier molecular flexibility index (Phi) is 5.33. The van der Waals surface area contributed by atoms with Crippen molar-refractivity contribution in [3.05, 3.63) is 45.9 Å². The summed E-state index contributed by atoms with van der Waals surface area (Å²) in [6, 6.07) is 1.55. The summed E-state index contributed by atoms with van der Waals surface area (Å²) in [6.45, 7) is 6.16. The van der Waals surface area contributed by atoms with E-state index in [1.165, 1.54) is 23.9 Å². The van der Waals surface area contributed by atoms with E-state index in [4.69, 9.17) is 0 Å². The van der Waals surface area contributed by atoms with E-state index < -0.39 is 0 Å². The molecule has 1 atom stereocenters. The van der Waals surface area contributed by atoms with Crippen molar-refractivity contribution in [3.8, 4) is 0 Å². The molecular formula is C21H29N5O2. The normalized spacial score (nSPS) is 20.2. The van der Waals surface area contributed by atoms with Gasteiger partial charge in [0, 0.05) is 44.0 Å². The Bertz CT molecular complexity index is 912. The first kappa shape index (κ1) is 18.9. The van der Waals surface area contributed by atoms with E-state index in [0.29, 0.717) is 6.54 Å². The fourth-order valence-corrected chi connectivity index (χ4v) is 4.22. The molecule has 0 bridgehead atoms. The van der Waals surface area contributed by atoms with Crippen molar-refractivity contribution in [3.63, 3.8) is 0 Å². The van der Waals surface area contributed by atoms with Crippen LogP contribution in [0, 0.1) is 19.8 Å². The first-order chi connectivity index (χ1) is 13.5. The van der Waals surface area contributed by atoms with Crippen LogP contribution in [-0.2, 0) is 17.9 Å². The summed E-state index contributed by atoms with van der Waals surface area (Å²) < 4.78 is 3.57. The number of nitrogens with zero attached hydrogens (tertiary/aromatic N) is 5. The summed E-state index contributed by atoms with van der Waals surface area (Å²) in [5, 5.41) is 4.28. The maximum atomic E-state index is 12.8. The van der Waals surface area contributed by atoms with Crippen LogP contribution in [0.3, 0.4) is 0 Å². The molecule has 2 aromatic heterocycles. The highest BCUT2D eigenvalue weighted by atomic mass is 16.2. The lowest BCUT2D eigenvalue weighted by atomic mass is 9.85. The molecule has 28 heavy (non-hydrogen) atoms. The number of aromatic nitrogens is 4. The van der Waals surface area contributed by atoms with Crippen LogP contribution in [0.5, 0.6) is 0 Å². The Morgan fingerprint density at radius 2 is 2.04 bits per heavy atom. The number of piperidine rings is 1. The number of rotatable bonds is 5. The monoisotopic (exact) mass is 383 g/mol. The summed E-state index contributed by atoms with van der Waals surface area (Å²) >= 11 is 0. The largest absolute Gasteiger partial charge is 0.340 e. The average Bonchev–Trinajstić information content (AvgIpc) is 3.11. The van der Waals surface area contributed by atoms with Crippen LogP contribution in [0.25, 0.3) is 0 Å². The lowest BCUT2D eigenvalue weighted by molar-refractivity contribution is -0.133. The third-order valence-corrected chi connectivity index (χ3v) is 6.29. The molecule has 7 heteroatoms. The Morgan fingerprint density at radius 3 is 2.79 bits per heavy atom. The molecule has 4 rings (SSSR count). The van der Waals surface area contributed by atoms with Gasteiger partial charge >= 0.3 is 0 Å². The molecule has 2 aromatic rings. The zero-order valence-electron chi connectivity index (χ0n) is 16.8. The minimum absolute atomic E-state index is 0.00316. The first-order valence-electron chi connectivity index (χ1n) is 10.4. The van der Waals surface area contributed by atoms with Crippen molar-refractivity contribution in [1.29, 1.82) is 0 Å². The van der Waals surface area contributed by atoms with Crippen LogP contribution in [0.1, 0.15) is 55.1 Å². The molecule has 2 aliphatic rings. The van der Waals surface area contributed by atoms with E-state index in [-0.39, 0.29) is 23.9 Å². The summed E-state index contributed by atoms with van der Waals surface area (Å²) in [5.74, 6) is 2.10. The van der Waals surface area contributed by atoms with E-state index >= 15 is 0 Å². The molecule has 0 spiro atoms. The number of hydrogen-bond donors (Lipinski definition) is 0. The van der Waals surface area contributed by atoms with Gasteiger partial charge in [0.2, 0.25) is 5.91 Å². The number of hydrogen-bond acceptors (Lipinski definition) is 4. The van der Waals surface area contributed by atoms with Gasteiger partial charge in [-0.05, 0) is 51.0 Å². The highest BCUT2D eigenvalue weighted by molar-refractivity contribution is 5.76. The van der Waals surface area contributed by atoms with Crippen LogP contribution in [0.15, 0.2) is 23.3 Å². The minimum Gasteiger partial charge on any atom is -0.340 e. The third-order valence-electron chi connectivity index (χ3n) is 6.29. The molecule has 1 aliphatic carbocycles. The zero-order valence-corrected chi connectivity index (χ0v) is 16.8. The van der Waals surface area contributed by atoms with Crippen molar-refractivity contribution in [1.82, 2.24) is 24.2 Å². The average molecular weight is 383 g/mol. The second-order valence-corrected chi connectivity index (χ2v) is 8.32. The van der Waals surface area contributed by atoms with E-state index in [1.807, 2.05) is 24.9 Å². The maximum Gasteiger partial charge on any atom is 0.267 e. The number of carbonyl (C=O) groups excluding carboxylic acids is 1. The number of imidazole rings is 1. The van der Waals surface area contributed by atoms with Gasteiger partial charge in [-0.25, -0.2) is 9.67 Å². The fourth-order valence-electron chi connectivity index (χ4n) is 4.22. The number of amides is 1. The number of likely N-dealkylation sites (tertiary alicyclic amines) is 1. The second kappa shape index (κ2) is 7.89. The van der Waals surface area contributed by atoms with E-state index in [0.717, 1.165) is 48.9 Å². The fraction of sp³-hybridized carbons (Fsp3) is 0.619. The van der Waals surface area contributed by atoms with Crippen molar-refractivity contribution in [2.75, 3.05) is 13.1 Å². The molecule has 1 saturated heterocycles. The smallest absolute Gasteiger partial charge is 0.267 e. The maximum absolute atomic E-state index is 12.8. The molecular weight excluding hydrogens is 354 g/mol. The van der Waals surface area contributed by atoms with Gasteiger partial charge in [-0.1, -0.05) is 6.42 Å². The molecule has 3 heterocycles. The van der Waals surface area contributed by atoms with Crippen molar-refractivity contribution < 1.29 is 4.79 Å². The third kappa shape index (κ3) is 3.88. The zero-order chi connectivity index (χ0) is 19.7. The Balaban J connectivity index is 1.44. The van der Waals surface area contributed by atoms with E-state index in [2.05, 4.69) is 20.8 Å². The standard InChI is InChI=1S/C21H29N5O2/c1-15-11-19(27)26(23-16(15)2)14-20(28)24-9-4-7-18(13-24)21-22-8-10-25(21)12-17-5-3-6-17/h8,10-11,17-18H,3-7,9,12-14H2,1-2H3/t18-/m1/s1. The molecule has 150 valence electrons. The van der Waals surface area contributed by atoms with Gasteiger partial charge in [-0.15, -0.1) is 0 Å². The lowest BCUT2D eigenvalue weighted by Crippen LogP contribution is -2.43.